The van der Waals surface area contributed by atoms with Crippen molar-refractivity contribution < 1.29 is 32.2 Å². The lowest BCUT2D eigenvalue weighted by Gasteiger charge is -2.60. The number of nitrogens with one attached hydrogen (secondary N) is 1. The number of ketones is 1. The van der Waals surface area contributed by atoms with Gasteiger partial charge in [0.05, 0.1) is 11.3 Å². The van der Waals surface area contributed by atoms with Crippen LogP contribution in [0.25, 0.3) is 0 Å². The summed E-state index contributed by atoms with van der Waals surface area (Å²) < 4.78 is 61.8. The third-order valence-corrected chi connectivity index (χ3v) is 11.1. The molecule has 9 heteroatoms. The first kappa shape index (κ1) is 25.7. The Kier molecular flexibility index (Phi) is 4.56. The van der Waals surface area contributed by atoms with E-state index in [1.54, 1.807) is 103 Å². The molecular weight excluding hydrogens is 623 g/mol. The molecule has 4 aromatic carbocycles. The van der Waals surface area contributed by atoms with Gasteiger partial charge in [0.15, 0.2) is 5.78 Å². The SMILES string of the molecule is O=C1c2ccccc2[C@@]23O[C@]4(C(F)(F)F)O[C@@](c5ccccc5)(C[C@]4(c4ccc(Br)cc4)[C@@H]12)[C@@]31C(=O)Nc2ccccc21. The number of hydrogen-bond acceptors (Lipinski definition) is 4. The Hall–Kier alpha value is -3.79. The standard InChI is InChI=1S/C34H21BrF3NO4/c35-21-16-14-19(15-17-21)29-18-30(20-8-2-1-3-9-20)31(24-12-6-7-13-25(24)39-28(31)41)32(43-33(29,42-30)34(36,37)38)23-11-5-4-10-22(23)26(40)27(29)32/h1-17,27H,18H2,(H,39,41)/t27-,29+,30-,31-,32-,33-/m1/s1. The lowest BCUT2D eigenvalue weighted by Crippen LogP contribution is -2.72. The quantitative estimate of drug-likeness (QED) is 0.258. The van der Waals surface area contributed by atoms with Crippen molar-refractivity contribution in [2.45, 2.75) is 40.4 Å². The second kappa shape index (κ2) is 7.64. The smallest absolute Gasteiger partial charge is 0.329 e. The normalized spacial score (nSPS) is 36.1. The molecule has 1 saturated carbocycles. The van der Waals surface area contributed by atoms with E-state index in [0.717, 1.165) is 0 Å². The van der Waals surface area contributed by atoms with Crippen molar-refractivity contribution in [3.63, 3.8) is 0 Å². The van der Waals surface area contributed by atoms with E-state index in [0.29, 0.717) is 21.3 Å². The van der Waals surface area contributed by atoms with Crippen LogP contribution in [0.3, 0.4) is 0 Å². The third-order valence-electron chi connectivity index (χ3n) is 10.5. The minimum atomic E-state index is -5.08. The minimum Gasteiger partial charge on any atom is -0.329 e. The van der Waals surface area contributed by atoms with Crippen LogP contribution in [0.5, 0.6) is 0 Å². The summed E-state index contributed by atoms with van der Waals surface area (Å²) in [7, 11) is 0. The molecular formula is C34H21BrF3NO4. The molecule has 2 aliphatic carbocycles. The first-order chi connectivity index (χ1) is 20.6. The molecule has 0 radical (unpaired) electrons. The summed E-state index contributed by atoms with van der Waals surface area (Å²) in [6.07, 6.45) is -5.40. The van der Waals surface area contributed by atoms with Crippen molar-refractivity contribution in [2.75, 3.05) is 5.32 Å². The lowest BCUT2D eigenvalue weighted by atomic mass is 9.42. The van der Waals surface area contributed by atoms with E-state index in [9.17, 15) is 9.59 Å². The first-order valence-corrected chi connectivity index (χ1v) is 14.7. The molecule has 4 bridgehead atoms. The molecule has 214 valence electrons. The molecule has 4 heterocycles. The van der Waals surface area contributed by atoms with Gasteiger partial charge in [0.25, 0.3) is 5.79 Å². The summed E-state index contributed by atoms with van der Waals surface area (Å²) in [5, 5.41) is 2.96. The molecule has 3 saturated heterocycles. The Bertz CT molecular complexity index is 1910. The number of carbonyl (C=O) groups is 2. The van der Waals surface area contributed by atoms with Crippen LogP contribution in [-0.4, -0.2) is 23.7 Å². The molecule has 6 aliphatic rings. The van der Waals surface area contributed by atoms with Crippen LogP contribution < -0.4 is 5.32 Å². The first-order valence-electron chi connectivity index (χ1n) is 13.9. The Morgan fingerprint density at radius 3 is 2.14 bits per heavy atom. The van der Waals surface area contributed by atoms with Crippen LogP contribution in [0.2, 0.25) is 0 Å². The summed E-state index contributed by atoms with van der Waals surface area (Å²) in [5.41, 5.74) is -5.73. The van der Waals surface area contributed by atoms with Gasteiger partial charge in [-0.3, -0.25) is 9.59 Å². The van der Waals surface area contributed by atoms with Gasteiger partial charge in [-0.2, -0.15) is 13.2 Å². The average molecular weight is 644 g/mol. The summed E-state index contributed by atoms with van der Waals surface area (Å²) >= 11 is 3.41. The molecule has 4 aliphatic heterocycles. The van der Waals surface area contributed by atoms with Gasteiger partial charge in [-0.05, 0) is 46.9 Å². The molecule has 4 fully saturated rings. The fourth-order valence-corrected chi connectivity index (χ4v) is 9.67. The van der Waals surface area contributed by atoms with Crippen LogP contribution in [0.1, 0.15) is 39.0 Å². The number of ether oxygens (including phenoxy) is 2. The van der Waals surface area contributed by atoms with Gasteiger partial charge in [0.1, 0.15) is 16.6 Å². The topological polar surface area (TPSA) is 64.6 Å². The lowest BCUT2D eigenvalue weighted by molar-refractivity contribution is -0.442. The number of para-hydroxylation sites is 1. The largest absolute Gasteiger partial charge is 0.444 e. The van der Waals surface area contributed by atoms with E-state index in [2.05, 4.69) is 21.2 Å². The van der Waals surface area contributed by atoms with Crippen LogP contribution in [0, 0.1) is 5.92 Å². The molecule has 1 N–H and O–H groups in total. The van der Waals surface area contributed by atoms with E-state index in [1.807, 2.05) is 0 Å². The van der Waals surface area contributed by atoms with E-state index in [4.69, 9.17) is 9.47 Å². The predicted molar refractivity (Wildman–Crippen MR) is 152 cm³/mol. The number of carbonyl (C=O) groups excluding carboxylic acids is 2. The van der Waals surface area contributed by atoms with E-state index in [1.165, 1.54) is 0 Å². The van der Waals surface area contributed by atoms with E-state index in [-0.39, 0.29) is 23.1 Å². The molecule has 4 aromatic rings. The maximum absolute atomic E-state index is 16.0. The number of alkyl halides is 3. The van der Waals surface area contributed by atoms with Gasteiger partial charge >= 0.3 is 6.18 Å². The number of benzene rings is 4. The summed E-state index contributed by atoms with van der Waals surface area (Å²) in [6.45, 7) is 0. The van der Waals surface area contributed by atoms with Crippen molar-refractivity contribution >= 4 is 33.3 Å². The van der Waals surface area contributed by atoms with Gasteiger partial charge in [0.2, 0.25) is 5.91 Å². The summed E-state index contributed by atoms with van der Waals surface area (Å²) in [4.78, 5) is 29.6. The molecule has 6 atom stereocenters. The number of amides is 1. The maximum Gasteiger partial charge on any atom is 0.444 e. The zero-order valence-electron chi connectivity index (χ0n) is 22.2. The Morgan fingerprint density at radius 2 is 1.42 bits per heavy atom. The zero-order valence-corrected chi connectivity index (χ0v) is 23.8. The number of halogens is 4. The molecule has 2 spiro atoms. The maximum atomic E-state index is 16.0. The van der Waals surface area contributed by atoms with Gasteiger partial charge in [0, 0.05) is 15.7 Å². The van der Waals surface area contributed by atoms with Gasteiger partial charge < -0.3 is 14.8 Å². The second-order valence-corrected chi connectivity index (χ2v) is 12.9. The zero-order chi connectivity index (χ0) is 29.6. The number of fused-ring (bicyclic) bond motifs is 2. The molecule has 10 rings (SSSR count). The minimum absolute atomic E-state index is 0.257. The second-order valence-electron chi connectivity index (χ2n) is 12.0. The van der Waals surface area contributed by atoms with Gasteiger partial charge in [-0.25, -0.2) is 0 Å². The Labute approximate surface area is 252 Å². The van der Waals surface area contributed by atoms with Crippen molar-refractivity contribution in [2.24, 2.45) is 5.92 Å². The van der Waals surface area contributed by atoms with Crippen LogP contribution in [-0.2, 0) is 36.3 Å². The monoisotopic (exact) mass is 643 g/mol. The predicted octanol–water partition coefficient (Wildman–Crippen LogP) is 6.90. The number of hydrogen-bond donors (Lipinski definition) is 1. The van der Waals surface area contributed by atoms with Crippen LogP contribution >= 0.6 is 15.9 Å². The van der Waals surface area contributed by atoms with Crippen molar-refractivity contribution in [1.82, 2.24) is 0 Å². The van der Waals surface area contributed by atoms with E-state index >= 15 is 13.2 Å². The molecule has 1 amide bonds. The molecule has 0 unspecified atom stereocenters. The third kappa shape index (κ3) is 2.41. The summed E-state index contributed by atoms with van der Waals surface area (Å²) in [6, 6.07) is 28.7. The van der Waals surface area contributed by atoms with Crippen LogP contribution in [0.15, 0.2) is 108 Å². The Morgan fingerprint density at radius 1 is 0.767 bits per heavy atom. The average Bonchev–Trinajstić information content (AvgIpc) is 3.61. The van der Waals surface area contributed by atoms with E-state index < -0.39 is 51.6 Å². The fraction of sp³-hybridized carbons (Fsp3) is 0.235. The molecule has 5 nitrogen and oxygen atoms in total. The fourth-order valence-electron chi connectivity index (χ4n) is 9.41. The highest BCUT2D eigenvalue weighted by Crippen LogP contribution is 2.87. The van der Waals surface area contributed by atoms with Gasteiger partial charge in [-0.15, -0.1) is 0 Å². The molecule has 43 heavy (non-hydrogen) atoms. The highest BCUT2D eigenvalue weighted by atomic mass is 79.9. The summed E-state index contributed by atoms with van der Waals surface area (Å²) in [5.74, 6) is -5.71. The Balaban J connectivity index is 1.53. The molecule has 0 aromatic heterocycles. The number of Topliss-reactive ketones (excluding diaryl/α,β-unsaturated/α-hetero) is 1. The highest BCUT2D eigenvalue weighted by Gasteiger charge is 3.01. The van der Waals surface area contributed by atoms with Gasteiger partial charge in [-0.1, -0.05) is 101 Å². The van der Waals surface area contributed by atoms with Crippen molar-refractivity contribution in [3.05, 3.63) is 135 Å². The number of rotatable bonds is 2. The van der Waals surface area contributed by atoms with Crippen molar-refractivity contribution in [1.29, 1.82) is 0 Å². The highest BCUT2D eigenvalue weighted by molar-refractivity contribution is 9.10. The van der Waals surface area contributed by atoms with Crippen molar-refractivity contribution in [3.8, 4) is 0 Å². The number of anilines is 1. The van der Waals surface area contributed by atoms with Crippen LogP contribution in [0.4, 0.5) is 18.9 Å².